The van der Waals surface area contributed by atoms with Gasteiger partial charge in [-0.3, -0.25) is 24.9 Å². The van der Waals surface area contributed by atoms with Gasteiger partial charge in [-0.2, -0.15) is 0 Å². The van der Waals surface area contributed by atoms with E-state index in [4.69, 9.17) is 9.94 Å². The van der Waals surface area contributed by atoms with Crippen LogP contribution in [0.4, 0.5) is 0 Å². The van der Waals surface area contributed by atoms with E-state index < -0.39 is 28.5 Å². The van der Waals surface area contributed by atoms with E-state index in [2.05, 4.69) is 11.9 Å². The molecule has 2 amide bonds. The highest BCUT2D eigenvalue weighted by atomic mass is 16.6. The molecule has 0 fully saturated rings. The summed E-state index contributed by atoms with van der Waals surface area (Å²) >= 11 is 0. The number of hydrogen-bond donors (Lipinski definition) is 3. The Hall–Kier alpha value is -2.94. The molecule has 0 saturated heterocycles. The van der Waals surface area contributed by atoms with E-state index in [9.17, 15) is 19.7 Å². The van der Waals surface area contributed by atoms with Crippen LogP contribution in [-0.4, -0.2) is 34.6 Å². The van der Waals surface area contributed by atoms with E-state index in [1.807, 2.05) is 6.92 Å². The zero-order valence-electron chi connectivity index (χ0n) is 11.7. The summed E-state index contributed by atoms with van der Waals surface area (Å²) in [4.78, 5) is 33.2. The van der Waals surface area contributed by atoms with Gasteiger partial charge in [0, 0.05) is 5.56 Å². The minimum Gasteiger partial charge on any atom is -0.494 e. The second-order valence-corrected chi connectivity index (χ2v) is 4.09. The Balaban J connectivity index is 2.88. The van der Waals surface area contributed by atoms with Gasteiger partial charge in [-0.15, -0.1) is 0 Å². The van der Waals surface area contributed by atoms with Crippen molar-refractivity contribution in [2.45, 2.75) is 13.0 Å². The molecule has 0 heterocycles. The zero-order chi connectivity index (χ0) is 16.7. The highest BCUT2D eigenvalue weighted by Gasteiger charge is 2.31. The van der Waals surface area contributed by atoms with Crippen LogP contribution in [0.15, 0.2) is 36.5 Å². The summed E-state index contributed by atoms with van der Waals surface area (Å²) in [5, 5.41) is 21.4. The van der Waals surface area contributed by atoms with Crippen molar-refractivity contribution in [1.82, 2.24) is 10.8 Å². The van der Waals surface area contributed by atoms with Gasteiger partial charge >= 0.3 is 0 Å². The third-order valence-electron chi connectivity index (χ3n) is 2.64. The molecule has 3 N–H and O–H groups in total. The average Bonchev–Trinajstić information content (AvgIpc) is 2.51. The number of hydrogen-bond acceptors (Lipinski definition) is 6. The lowest BCUT2D eigenvalue weighted by atomic mass is 10.1. The van der Waals surface area contributed by atoms with Crippen LogP contribution in [0.2, 0.25) is 0 Å². The summed E-state index contributed by atoms with van der Waals surface area (Å²) < 4.78 is 5.21. The van der Waals surface area contributed by atoms with E-state index in [0.29, 0.717) is 12.4 Å². The molecule has 0 unspecified atom stereocenters. The zero-order valence-corrected chi connectivity index (χ0v) is 11.7. The molecular formula is C13H15N3O6. The van der Waals surface area contributed by atoms with Crippen molar-refractivity contribution in [1.29, 1.82) is 0 Å². The minimum atomic E-state index is -1.70. The first-order chi connectivity index (χ1) is 10.4. The minimum absolute atomic E-state index is 0.162. The maximum Gasteiger partial charge on any atom is 0.277 e. The Morgan fingerprint density at radius 3 is 2.45 bits per heavy atom. The van der Waals surface area contributed by atoms with Crippen LogP contribution < -0.4 is 15.5 Å². The van der Waals surface area contributed by atoms with E-state index >= 15 is 0 Å². The van der Waals surface area contributed by atoms with Gasteiger partial charge in [-0.1, -0.05) is 0 Å². The van der Waals surface area contributed by atoms with Crippen molar-refractivity contribution in [3.63, 3.8) is 0 Å². The lowest BCUT2D eigenvalue weighted by molar-refractivity contribution is -0.428. The van der Waals surface area contributed by atoms with Gasteiger partial charge in [-0.05, 0) is 37.8 Å². The summed E-state index contributed by atoms with van der Waals surface area (Å²) in [6.07, 6.45) is 0. The number of ether oxygens (including phenoxy) is 1. The number of carbonyl (C=O) groups is 2. The van der Waals surface area contributed by atoms with E-state index in [-0.39, 0.29) is 5.56 Å². The van der Waals surface area contributed by atoms with Gasteiger partial charge in [-0.25, -0.2) is 5.48 Å². The fraction of sp³-hybridized carbons (Fsp3) is 0.231. The van der Waals surface area contributed by atoms with Crippen LogP contribution in [0.25, 0.3) is 0 Å². The van der Waals surface area contributed by atoms with E-state index in [1.165, 1.54) is 17.6 Å². The van der Waals surface area contributed by atoms with Gasteiger partial charge in [0.1, 0.15) is 5.75 Å². The van der Waals surface area contributed by atoms with Gasteiger partial charge in [0.2, 0.25) is 6.04 Å². The molecule has 9 heteroatoms. The van der Waals surface area contributed by atoms with Crippen molar-refractivity contribution in [2.75, 3.05) is 6.61 Å². The average molecular weight is 309 g/mol. The van der Waals surface area contributed by atoms with E-state index in [0.717, 1.165) is 0 Å². The number of nitrogens with zero attached hydrogens (tertiary/aromatic N) is 1. The molecule has 9 nitrogen and oxygen atoms in total. The smallest absolute Gasteiger partial charge is 0.277 e. The Bertz CT molecular complexity index is 584. The van der Waals surface area contributed by atoms with Crippen molar-refractivity contribution < 1.29 is 24.5 Å². The second kappa shape index (κ2) is 7.74. The number of rotatable bonds is 7. The first kappa shape index (κ1) is 17.1. The van der Waals surface area contributed by atoms with Crippen LogP contribution in [0.3, 0.4) is 0 Å². The Labute approximate surface area is 125 Å². The van der Waals surface area contributed by atoms with Crippen LogP contribution in [-0.2, 0) is 4.79 Å². The quantitative estimate of drug-likeness (QED) is 0.381. The van der Waals surface area contributed by atoms with Crippen molar-refractivity contribution in [3.05, 3.63) is 52.2 Å². The molecule has 1 aromatic carbocycles. The van der Waals surface area contributed by atoms with Gasteiger partial charge in [0.25, 0.3) is 17.5 Å². The maximum atomic E-state index is 12.0. The molecule has 0 spiro atoms. The van der Waals surface area contributed by atoms with Crippen LogP contribution in [0.5, 0.6) is 5.75 Å². The van der Waals surface area contributed by atoms with Crippen LogP contribution in [0, 0.1) is 10.1 Å². The fourth-order valence-electron chi connectivity index (χ4n) is 1.55. The predicted octanol–water partition coefficient (Wildman–Crippen LogP) is 0.480. The summed E-state index contributed by atoms with van der Waals surface area (Å²) in [5.74, 6) is -1.35. The molecule has 0 aliphatic rings. The number of carbonyl (C=O) groups excluding carboxylic acids is 2. The highest BCUT2D eigenvalue weighted by molar-refractivity contribution is 5.98. The molecule has 1 aromatic rings. The Morgan fingerprint density at radius 2 is 2.00 bits per heavy atom. The lowest BCUT2D eigenvalue weighted by Crippen LogP contribution is -2.48. The number of hydroxylamine groups is 1. The molecule has 118 valence electrons. The number of benzene rings is 1. The van der Waals surface area contributed by atoms with Gasteiger partial charge < -0.3 is 10.1 Å². The molecule has 0 bridgehead atoms. The van der Waals surface area contributed by atoms with Crippen molar-refractivity contribution >= 4 is 11.8 Å². The standard InChI is InChI=1S/C13H15N3O6/c1-3-22-10-6-4-9(5-7-10)12(17)14-11(13(18)15-19)8(2)16(20)21/h4-7,11,19H,2-3H2,1H3,(H,14,17)(H,15,18)/t11-/m0/s1. The second-order valence-electron chi connectivity index (χ2n) is 4.09. The largest absolute Gasteiger partial charge is 0.494 e. The predicted molar refractivity (Wildman–Crippen MR) is 74.9 cm³/mol. The normalized spacial score (nSPS) is 11.2. The summed E-state index contributed by atoms with van der Waals surface area (Å²) in [6, 6.07) is 4.26. The van der Waals surface area contributed by atoms with Crippen molar-refractivity contribution in [3.8, 4) is 5.75 Å². The van der Waals surface area contributed by atoms with Gasteiger partial charge in [0.15, 0.2) is 0 Å². The van der Waals surface area contributed by atoms with Crippen LogP contribution in [0.1, 0.15) is 17.3 Å². The Kier molecular flexibility index (Phi) is 6.02. The molecule has 1 atom stereocenters. The highest BCUT2D eigenvalue weighted by Crippen LogP contribution is 2.12. The molecule has 0 saturated carbocycles. The molecule has 22 heavy (non-hydrogen) atoms. The summed E-state index contributed by atoms with van der Waals surface area (Å²) in [7, 11) is 0. The topological polar surface area (TPSA) is 131 Å². The van der Waals surface area contributed by atoms with Gasteiger partial charge in [0.05, 0.1) is 11.5 Å². The summed E-state index contributed by atoms with van der Waals surface area (Å²) in [6.45, 7) is 5.38. The van der Waals surface area contributed by atoms with Crippen molar-refractivity contribution in [2.24, 2.45) is 0 Å². The summed E-state index contributed by atoms with van der Waals surface area (Å²) in [5.41, 5.74) is 0.635. The maximum absolute atomic E-state index is 12.0. The molecule has 0 aliphatic heterocycles. The number of nitrogens with one attached hydrogen (secondary N) is 2. The first-order valence-electron chi connectivity index (χ1n) is 6.21. The Morgan fingerprint density at radius 1 is 1.41 bits per heavy atom. The lowest BCUT2D eigenvalue weighted by Gasteiger charge is -2.14. The molecule has 0 aliphatic carbocycles. The molecule has 1 rings (SSSR count). The number of nitro groups is 1. The molecular weight excluding hydrogens is 294 g/mol. The number of amides is 2. The first-order valence-corrected chi connectivity index (χ1v) is 6.21. The molecule has 0 radical (unpaired) electrons. The third kappa shape index (κ3) is 4.28. The monoisotopic (exact) mass is 309 g/mol. The van der Waals surface area contributed by atoms with Crippen LogP contribution >= 0.6 is 0 Å². The van der Waals surface area contributed by atoms with E-state index in [1.54, 1.807) is 12.1 Å². The third-order valence-corrected chi connectivity index (χ3v) is 2.64. The SMILES string of the molecule is C=C([C@H](NC(=O)c1ccc(OCC)cc1)C(=O)NO)[N+](=O)[O-]. The molecule has 0 aromatic heterocycles. The fourth-order valence-corrected chi connectivity index (χ4v) is 1.55.